The van der Waals surface area contributed by atoms with Crippen LogP contribution in [0.5, 0.6) is 0 Å². The van der Waals surface area contributed by atoms with E-state index in [4.69, 9.17) is 9.47 Å². The van der Waals surface area contributed by atoms with Gasteiger partial charge in [-0.3, -0.25) is 9.59 Å². The Balaban J connectivity index is 3.37. The van der Waals surface area contributed by atoms with Crippen LogP contribution in [0, 0.1) is 0 Å². The Bertz CT molecular complexity index is 672. The summed E-state index contributed by atoms with van der Waals surface area (Å²) >= 11 is 0. The SMILES string of the molecule is CCCCC/C=C\C/C=C\CCCCCCCC(=O)OCCCCOC(=O)CCCCCCC/C=C\C/C=C\CCCCC. The second-order valence-electron chi connectivity index (χ2n) is 12.1. The topological polar surface area (TPSA) is 52.6 Å². The summed E-state index contributed by atoms with van der Waals surface area (Å²) in [6.07, 6.45) is 46.7. The van der Waals surface area contributed by atoms with Gasteiger partial charge in [0.1, 0.15) is 0 Å². The van der Waals surface area contributed by atoms with Crippen molar-refractivity contribution in [2.75, 3.05) is 13.2 Å². The minimum Gasteiger partial charge on any atom is -0.466 e. The number of esters is 2. The van der Waals surface area contributed by atoms with Gasteiger partial charge in [-0.05, 0) is 89.9 Å². The van der Waals surface area contributed by atoms with Crippen molar-refractivity contribution in [2.45, 2.75) is 181 Å². The van der Waals surface area contributed by atoms with E-state index >= 15 is 0 Å². The predicted molar refractivity (Wildman–Crippen MR) is 190 cm³/mol. The second kappa shape index (κ2) is 37.1. The summed E-state index contributed by atoms with van der Waals surface area (Å²) < 4.78 is 10.7. The standard InChI is InChI=1S/C40H70O4/c1-3-5-7-9-11-13-15-17-19-21-23-25-27-29-31-35-39(41)43-37-33-34-38-44-40(42)36-32-30-28-26-24-22-20-18-16-14-12-10-8-6-4-2/h11-14,17-20H,3-10,15-16,21-38H2,1-2H3/b13-11-,14-12-,19-17-,20-18-. The van der Waals surface area contributed by atoms with Crippen LogP contribution >= 0.6 is 0 Å². The number of unbranched alkanes of at least 4 members (excludes halogenated alkanes) is 17. The summed E-state index contributed by atoms with van der Waals surface area (Å²) in [5, 5.41) is 0. The molecule has 0 aromatic carbocycles. The first-order valence-corrected chi connectivity index (χ1v) is 18.6. The number of hydrogen-bond acceptors (Lipinski definition) is 4. The lowest BCUT2D eigenvalue weighted by Crippen LogP contribution is -2.08. The molecule has 254 valence electrons. The molecular weight excluding hydrogens is 544 g/mol. The molecule has 0 atom stereocenters. The molecule has 0 aliphatic carbocycles. The molecule has 0 aliphatic rings. The zero-order chi connectivity index (χ0) is 32.0. The Morgan fingerprint density at radius 2 is 0.705 bits per heavy atom. The quantitative estimate of drug-likeness (QED) is 0.0419. The highest BCUT2D eigenvalue weighted by atomic mass is 16.5. The predicted octanol–water partition coefficient (Wildman–Crippen LogP) is 12.5. The van der Waals surface area contributed by atoms with Gasteiger partial charge in [0.15, 0.2) is 0 Å². The van der Waals surface area contributed by atoms with Crippen LogP contribution < -0.4 is 0 Å². The van der Waals surface area contributed by atoms with Gasteiger partial charge >= 0.3 is 11.9 Å². The third kappa shape index (κ3) is 36.1. The summed E-state index contributed by atoms with van der Waals surface area (Å²) in [6.45, 7) is 5.32. The van der Waals surface area contributed by atoms with Gasteiger partial charge in [0.05, 0.1) is 13.2 Å². The molecule has 0 bridgehead atoms. The van der Waals surface area contributed by atoms with E-state index in [0.29, 0.717) is 26.1 Å². The molecule has 0 rings (SSSR count). The van der Waals surface area contributed by atoms with Crippen LogP contribution in [0.1, 0.15) is 181 Å². The van der Waals surface area contributed by atoms with Crippen LogP contribution in [0.4, 0.5) is 0 Å². The van der Waals surface area contributed by atoms with Crippen LogP contribution in [0.25, 0.3) is 0 Å². The van der Waals surface area contributed by atoms with Gasteiger partial charge in [-0.25, -0.2) is 0 Å². The van der Waals surface area contributed by atoms with Crippen molar-refractivity contribution in [3.63, 3.8) is 0 Å². The van der Waals surface area contributed by atoms with Gasteiger partial charge in [-0.15, -0.1) is 0 Å². The van der Waals surface area contributed by atoms with E-state index in [1.54, 1.807) is 0 Å². The fraction of sp³-hybridized carbons (Fsp3) is 0.750. The molecule has 44 heavy (non-hydrogen) atoms. The number of allylic oxidation sites excluding steroid dienone is 8. The number of carbonyl (C=O) groups is 2. The summed E-state index contributed by atoms with van der Waals surface area (Å²) in [5.41, 5.74) is 0. The molecule has 0 unspecified atom stereocenters. The molecule has 0 aliphatic heterocycles. The lowest BCUT2D eigenvalue weighted by Gasteiger charge is -2.06. The zero-order valence-corrected chi connectivity index (χ0v) is 29.1. The monoisotopic (exact) mass is 615 g/mol. The Morgan fingerprint density at radius 1 is 0.386 bits per heavy atom. The lowest BCUT2D eigenvalue weighted by atomic mass is 10.1. The van der Waals surface area contributed by atoms with E-state index in [2.05, 4.69) is 62.5 Å². The maximum Gasteiger partial charge on any atom is 0.305 e. The molecule has 0 N–H and O–H groups in total. The molecule has 0 spiro atoms. The van der Waals surface area contributed by atoms with Crippen molar-refractivity contribution in [3.8, 4) is 0 Å². The van der Waals surface area contributed by atoms with Gasteiger partial charge in [0, 0.05) is 12.8 Å². The van der Waals surface area contributed by atoms with E-state index in [1.807, 2.05) is 0 Å². The third-order valence-electron chi connectivity index (χ3n) is 7.73. The smallest absolute Gasteiger partial charge is 0.305 e. The van der Waals surface area contributed by atoms with E-state index in [0.717, 1.165) is 64.2 Å². The Labute approximate surface area is 273 Å². The molecule has 0 radical (unpaired) electrons. The van der Waals surface area contributed by atoms with E-state index in [9.17, 15) is 9.59 Å². The zero-order valence-electron chi connectivity index (χ0n) is 29.1. The Morgan fingerprint density at radius 3 is 1.07 bits per heavy atom. The van der Waals surface area contributed by atoms with Gasteiger partial charge in [0.2, 0.25) is 0 Å². The maximum absolute atomic E-state index is 11.9. The average Bonchev–Trinajstić information content (AvgIpc) is 3.02. The molecule has 0 saturated heterocycles. The molecule has 0 fully saturated rings. The highest BCUT2D eigenvalue weighted by Crippen LogP contribution is 2.10. The first kappa shape index (κ1) is 41.9. The molecule has 0 amide bonds. The largest absolute Gasteiger partial charge is 0.466 e. The van der Waals surface area contributed by atoms with Crippen LogP contribution in [0.15, 0.2) is 48.6 Å². The minimum absolute atomic E-state index is 0.103. The van der Waals surface area contributed by atoms with Crippen LogP contribution in [0.3, 0.4) is 0 Å². The summed E-state index contributed by atoms with van der Waals surface area (Å²) in [6, 6.07) is 0. The molecular formula is C40H70O4. The van der Waals surface area contributed by atoms with Gasteiger partial charge in [-0.2, -0.15) is 0 Å². The van der Waals surface area contributed by atoms with Gasteiger partial charge in [0.25, 0.3) is 0 Å². The molecule has 4 nitrogen and oxygen atoms in total. The molecule has 0 saturated carbocycles. The molecule has 4 heteroatoms. The Hall–Kier alpha value is -2.10. The van der Waals surface area contributed by atoms with Crippen molar-refractivity contribution in [1.82, 2.24) is 0 Å². The molecule has 0 aromatic rings. The van der Waals surface area contributed by atoms with Gasteiger partial charge < -0.3 is 9.47 Å². The van der Waals surface area contributed by atoms with Crippen LogP contribution in [-0.4, -0.2) is 25.2 Å². The number of ether oxygens (including phenoxy) is 2. The molecule has 0 heterocycles. The summed E-state index contributed by atoms with van der Waals surface area (Å²) in [4.78, 5) is 23.8. The van der Waals surface area contributed by atoms with Gasteiger partial charge in [-0.1, -0.05) is 127 Å². The van der Waals surface area contributed by atoms with E-state index in [-0.39, 0.29) is 11.9 Å². The first-order chi connectivity index (χ1) is 21.7. The highest BCUT2D eigenvalue weighted by Gasteiger charge is 2.04. The fourth-order valence-electron chi connectivity index (χ4n) is 4.88. The van der Waals surface area contributed by atoms with E-state index < -0.39 is 0 Å². The maximum atomic E-state index is 11.9. The van der Waals surface area contributed by atoms with Crippen molar-refractivity contribution in [2.24, 2.45) is 0 Å². The first-order valence-electron chi connectivity index (χ1n) is 18.6. The highest BCUT2D eigenvalue weighted by molar-refractivity contribution is 5.69. The normalized spacial score (nSPS) is 12.0. The van der Waals surface area contributed by atoms with Crippen molar-refractivity contribution in [3.05, 3.63) is 48.6 Å². The lowest BCUT2D eigenvalue weighted by molar-refractivity contribution is -0.146. The Kier molecular flexibility index (Phi) is 35.3. The summed E-state index contributed by atoms with van der Waals surface area (Å²) in [5.74, 6) is -0.206. The molecule has 0 aromatic heterocycles. The number of carbonyl (C=O) groups excluding carboxylic acids is 2. The third-order valence-corrected chi connectivity index (χ3v) is 7.73. The number of hydrogen-bond donors (Lipinski definition) is 0. The minimum atomic E-state index is -0.103. The van der Waals surface area contributed by atoms with Crippen molar-refractivity contribution >= 4 is 11.9 Å². The van der Waals surface area contributed by atoms with E-state index in [1.165, 1.54) is 89.9 Å². The van der Waals surface area contributed by atoms with Crippen molar-refractivity contribution < 1.29 is 19.1 Å². The fourth-order valence-corrected chi connectivity index (χ4v) is 4.88. The number of rotatable bonds is 33. The van der Waals surface area contributed by atoms with Crippen LogP contribution in [0.2, 0.25) is 0 Å². The summed E-state index contributed by atoms with van der Waals surface area (Å²) in [7, 11) is 0. The van der Waals surface area contributed by atoms with Crippen molar-refractivity contribution in [1.29, 1.82) is 0 Å². The van der Waals surface area contributed by atoms with Crippen LogP contribution in [-0.2, 0) is 19.1 Å². The average molecular weight is 615 g/mol. The second-order valence-corrected chi connectivity index (χ2v) is 12.1.